The van der Waals surface area contributed by atoms with Gasteiger partial charge in [0.1, 0.15) is 5.82 Å². The van der Waals surface area contributed by atoms with Gasteiger partial charge in [-0.1, -0.05) is 17.7 Å². The van der Waals surface area contributed by atoms with E-state index in [1.807, 2.05) is 23.9 Å². The summed E-state index contributed by atoms with van der Waals surface area (Å²) in [6.07, 6.45) is 4.44. The van der Waals surface area contributed by atoms with Gasteiger partial charge in [0.05, 0.1) is 17.8 Å². The number of halogens is 2. The Hall–Kier alpha value is -1.39. The van der Waals surface area contributed by atoms with E-state index in [9.17, 15) is 4.39 Å². The van der Waals surface area contributed by atoms with Crippen LogP contribution in [0.1, 0.15) is 29.7 Å². The molecule has 106 valence electrons. The maximum Gasteiger partial charge on any atom is 0.142 e. The van der Waals surface area contributed by atoms with Crippen LogP contribution in [0.3, 0.4) is 0 Å². The lowest BCUT2D eigenvalue weighted by Crippen LogP contribution is -2.16. The zero-order chi connectivity index (χ0) is 14.1. The molecule has 0 unspecified atom stereocenters. The lowest BCUT2D eigenvalue weighted by molar-refractivity contribution is 0.616. The molecule has 1 aromatic heterocycles. The van der Waals surface area contributed by atoms with Crippen LogP contribution in [0.4, 0.5) is 4.39 Å². The summed E-state index contributed by atoms with van der Waals surface area (Å²) in [6, 6.07) is 5.56. The van der Waals surface area contributed by atoms with Crippen molar-refractivity contribution >= 4 is 11.6 Å². The highest BCUT2D eigenvalue weighted by Gasteiger charge is 2.20. The molecule has 1 aliphatic carbocycles. The fourth-order valence-electron chi connectivity index (χ4n) is 2.17. The van der Waals surface area contributed by atoms with Crippen LogP contribution >= 0.6 is 11.6 Å². The average molecular weight is 294 g/mol. The van der Waals surface area contributed by atoms with Crippen molar-refractivity contribution in [2.24, 2.45) is 0 Å². The predicted octanol–water partition coefficient (Wildman–Crippen LogP) is 3.28. The van der Waals surface area contributed by atoms with Gasteiger partial charge < -0.3 is 5.32 Å². The maximum absolute atomic E-state index is 13.4. The van der Waals surface area contributed by atoms with Crippen molar-refractivity contribution in [1.29, 1.82) is 0 Å². The standard InChI is InChI=1S/C15H17ClFN3/c1-10-12(7-18-13-3-4-13)8-19-20(10)9-11-2-5-14(16)15(17)6-11/h2,5-6,8,13,18H,3-4,7,9H2,1H3. The largest absolute Gasteiger partial charge is 0.310 e. The Morgan fingerprint density at radius 1 is 1.45 bits per heavy atom. The van der Waals surface area contributed by atoms with E-state index in [0.29, 0.717) is 12.6 Å². The molecule has 1 heterocycles. The van der Waals surface area contributed by atoms with E-state index in [1.54, 1.807) is 6.07 Å². The van der Waals surface area contributed by atoms with E-state index >= 15 is 0 Å². The van der Waals surface area contributed by atoms with E-state index in [0.717, 1.165) is 17.8 Å². The highest BCUT2D eigenvalue weighted by atomic mass is 35.5. The summed E-state index contributed by atoms with van der Waals surface area (Å²) in [5, 5.41) is 8.01. The quantitative estimate of drug-likeness (QED) is 0.917. The van der Waals surface area contributed by atoms with Crippen molar-refractivity contribution in [2.45, 2.75) is 38.9 Å². The van der Waals surface area contributed by atoms with Crippen LogP contribution in [0.15, 0.2) is 24.4 Å². The molecular formula is C15H17ClFN3. The highest BCUT2D eigenvalue weighted by Crippen LogP contribution is 2.20. The number of nitrogens with one attached hydrogen (secondary N) is 1. The number of hydrogen-bond donors (Lipinski definition) is 1. The minimum atomic E-state index is -0.385. The molecule has 20 heavy (non-hydrogen) atoms. The minimum absolute atomic E-state index is 0.153. The Balaban J connectivity index is 1.71. The second-order valence-electron chi connectivity index (χ2n) is 5.32. The summed E-state index contributed by atoms with van der Waals surface area (Å²) in [4.78, 5) is 0. The normalized spacial score (nSPS) is 14.8. The number of aromatic nitrogens is 2. The van der Waals surface area contributed by atoms with Crippen LogP contribution in [-0.2, 0) is 13.1 Å². The van der Waals surface area contributed by atoms with Crippen LogP contribution in [-0.4, -0.2) is 15.8 Å². The lowest BCUT2D eigenvalue weighted by atomic mass is 10.2. The zero-order valence-corrected chi connectivity index (χ0v) is 12.1. The molecule has 3 nitrogen and oxygen atoms in total. The van der Waals surface area contributed by atoms with Gasteiger partial charge in [-0.2, -0.15) is 5.10 Å². The molecule has 2 aromatic rings. The van der Waals surface area contributed by atoms with Crippen molar-refractivity contribution in [3.8, 4) is 0 Å². The smallest absolute Gasteiger partial charge is 0.142 e. The van der Waals surface area contributed by atoms with Gasteiger partial charge in [0, 0.05) is 23.8 Å². The minimum Gasteiger partial charge on any atom is -0.310 e. The fourth-order valence-corrected chi connectivity index (χ4v) is 2.29. The topological polar surface area (TPSA) is 29.9 Å². The van der Waals surface area contributed by atoms with Crippen molar-refractivity contribution in [3.63, 3.8) is 0 Å². The Bertz CT molecular complexity index is 620. The second-order valence-corrected chi connectivity index (χ2v) is 5.72. The molecule has 0 amide bonds. The summed E-state index contributed by atoms with van der Waals surface area (Å²) in [5.74, 6) is -0.385. The molecule has 3 rings (SSSR count). The molecule has 0 bridgehead atoms. The van der Waals surface area contributed by atoms with Crippen LogP contribution < -0.4 is 5.32 Å². The van der Waals surface area contributed by atoms with E-state index in [2.05, 4.69) is 10.4 Å². The van der Waals surface area contributed by atoms with Gasteiger partial charge in [-0.05, 0) is 37.5 Å². The number of hydrogen-bond acceptors (Lipinski definition) is 2. The van der Waals surface area contributed by atoms with Gasteiger partial charge in [0.2, 0.25) is 0 Å². The molecule has 0 atom stereocenters. The monoisotopic (exact) mass is 293 g/mol. The van der Waals surface area contributed by atoms with Gasteiger partial charge in [-0.25, -0.2) is 4.39 Å². The lowest BCUT2D eigenvalue weighted by Gasteiger charge is -2.07. The average Bonchev–Trinajstić information content (AvgIpc) is 3.19. The SMILES string of the molecule is Cc1c(CNC2CC2)cnn1Cc1ccc(Cl)c(F)c1. The van der Waals surface area contributed by atoms with E-state index in [-0.39, 0.29) is 10.8 Å². The summed E-state index contributed by atoms with van der Waals surface area (Å²) in [5.41, 5.74) is 3.18. The first kappa shape index (κ1) is 13.6. The van der Waals surface area contributed by atoms with Gasteiger partial charge >= 0.3 is 0 Å². The Labute approximate surface area is 122 Å². The molecular weight excluding hydrogens is 277 g/mol. The van der Waals surface area contributed by atoms with Crippen LogP contribution in [0.2, 0.25) is 5.02 Å². The Morgan fingerprint density at radius 3 is 2.95 bits per heavy atom. The summed E-state index contributed by atoms with van der Waals surface area (Å²) in [7, 11) is 0. The van der Waals surface area contributed by atoms with E-state index in [1.165, 1.54) is 24.5 Å². The van der Waals surface area contributed by atoms with Crippen molar-refractivity contribution in [3.05, 3.63) is 52.1 Å². The fraction of sp³-hybridized carbons (Fsp3) is 0.400. The first-order valence-electron chi connectivity index (χ1n) is 6.82. The maximum atomic E-state index is 13.4. The van der Waals surface area contributed by atoms with Crippen LogP contribution in [0, 0.1) is 12.7 Å². The molecule has 0 spiro atoms. The number of benzene rings is 1. The van der Waals surface area contributed by atoms with Gasteiger partial charge in [-0.3, -0.25) is 4.68 Å². The van der Waals surface area contributed by atoms with Crippen LogP contribution in [0.5, 0.6) is 0 Å². The third-order valence-electron chi connectivity index (χ3n) is 3.68. The highest BCUT2D eigenvalue weighted by molar-refractivity contribution is 6.30. The molecule has 1 N–H and O–H groups in total. The number of nitrogens with zero attached hydrogens (tertiary/aromatic N) is 2. The molecule has 1 fully saturated rings. The summed E-state index contributed by atoms with van der Waals surface area (Å²) in [6.45, 7) is 3.46. The first-order valence-corrected chi connectivity index (χ1v) is 7.20. The Morgan fingerprint density at radius 2 is 2.25 bits per heavy atom. The summed E-state index contributed by atoms with van der Waals surface area (Å²) >= 11 is 5.69. The van der Waals surface area contributed by atoms with Crippen LogP contribution in [0.25, 0.3) is 0 Å². The van der Waals surface area contributed by atoms with Crippen molar-refractivity contribution in [2.75, 3.05) is 0 Å². The third-order valence-corrected chi connectivity index (χ3v) is 3.99. The first-order chi connectivity index (χ1) is 9.63. The zero-order valence-electron chi connectivity index (χ0n) is 11.4. The molecule has 0 aliphatic heterocycles. The van der Waals surface area contributed by atoms with E-state index in [4.69, 9.17) is 11.6 Å². The molecule has 1 aromatic carbocycles. The summed E-state index contributed by atoms with van der Waals surface area (Å²) < 4.78 is 15.3. The molecule has 5 heteroatoms. The van der Waals surface area contributed by atoms with Gasteiger partial charge in [0.15, 0.2) is 0 Å². The second kappa shape index (κ2) is 5.54. The van der Waals surface area contributed by atoms with Crippen molar-refractivity contribution in [1.82, 2.24) is 15.1 Å². The predicted molar refractivity (Wildman–Crippen MR) is 77.3 cm³/mol. The Kier molecular flexibility index (Phi) is 3.76. The third kappa shape index (κ3) is 3.02. The van der Waals surface area contributed by atoms with Crippen molar-refractivity contribution < 1.29 is 4.39 Å². The van der Waals surface area contributed by atoms with E-state index < -0.39 is 0 Å². The molecule has 0 radical (unpaired) electrons. The number of rotatable bonds is 5. The van der Waals surface area contributed by atoms with Gasteiger partial charge in [-0.15, -0.1) is 0 Å². The molecule has 0 saturated heterocycles. The molecule has 1 aliphatic rings. The van der Waals surface area contributed by atoms with Gasteiger partial charge in [0.25, 0.3) is 0 Å². The molecule has 1 saturated carbocycles.